The molecule has 1 aliphatic rings. The minimum atomic E-state index is -0.322. The van der Waals surface area contributed by atoms with Crippen LogP contribution in [-0.2, 0) is 9.59 Å². The summed E-state index contributed by atoms with van der Waals surface area (Å²) in [4.78, 5) is 22.1. The van der Waals surface area contributed by atoms with E-state index in [1.54, 1.807) is 12.2 Å². The number of hydrogen-bond acceptors (Lipinski definition) is 2. The van der Waals surface area contributed by atoms with Crippen LogP contribution in [0.15, 0.2) is 23.8 Å². The predicted molar refractivity (Wildman–Crippen MR) is 44.0 cm³/mol. The molecule has 0 atom stereocenters. The molecular weight excluding hydrogens is 156 g/mol. The van der Waals surface area contributed by atoms with Gasteiger partial charge < -0.3 is 10.6 Å². The van der Waals surface area contributed by atoms with Gasteiger partial charge in [-0.25, -0.2) is 0 Å². The summed E-state index contributed by atoms with van der Waals surface area (Å²) in [7, 11) is 0. The van der Waals surface area contributed by atoms with Crippen LogP contribution in [0.25, 0.3) is 0 Å². The minimum absolute atomic E-state index is 0.152. The topological polar surface area (TPSA) is 58.2 Å². The van der Waals surface area contributed by atoms with Crippen LogP contribution in [0.1, 0.15) is 6.92 Å². The van der Waals surface area contributed by atoms with Gasteiger partial charge in [-0.05, 0) is 13.0 Å². The Morgan fingerprint density at radius 1 is 1.25 bits per heavy atom. The molecule has 0 saturated carbocycles. The first-order valence-corrected chi connectivity index (χ1v) is 3.65. The number of carbonyl (C=O) groups excluding carboxylic acids is 2. The normalized spacial score (nSPS) is 17.6. The highest BCUT2D eigenvalue weighted by Crippen LogP contribution is 1.98. The van der Waals surface area contributed by atoms with E-state index in [1.165, 1.54) is 6.08 Å². The highest BCUT2D eigenvalue weighted by molar-refractivity contribution is 6.20. The fourth-order valence-electron chi connectivity index (χ4n) is 0.842. The molecule has 4 nitrogen and oxygen atoms in total. The average molecular weight is 166 g/mol. The van der Waals surface area contributed by atoms with E-state index in [-0.39, 0.29) is 24.1 Å². The molecule has 0 bridgehead atoms. The van der Waals surface area contributed by atoms with Crippen molar-refractivity contribution in [2.75, 3.05) is 6.67 Å². The van der Waals surface area contributed by atoms with Gasteiger partial charge in [-0.1, -0.05) is 12.2 Å². The average Bonchev–Trinajstić information content (AvgIpc) is 2.04. The third-order valence-electron chi connectivity index (χ3n) is 1.44. The second-order valence-electron chi connectivity index (χ2n) is 2.29. The number of hydrogen-bond donors (Lipinski definition) is 2. The molecule has 1 rings (SSSR count). The molecule has 0 aromatic rings. The quantitative estimate of drug-likeness (QED) is 0.415. The molecular formula is C8H10N2O2. The first-order chi connectivity index (χ1) is 5.75. The van der Waals surface area contributed by atoms with Crippen molar-refractivity contribution < 1.29 is 9.59 Å². The van der Waals surface area contributed by atoms with Crippen molar-refractivity contribution in [2.45, 2.75) is 6.92 Å². The molecule has 1 fully saturated rings. The third kappa shape index (κ3) is 1.72. The van der Waals surface area contributed by atoms with Gasteiger partial charge in [0.25, 0.3) is 11.8 Å². The van der Waals surface area contributed by atoms with E-state index in [9.17, 15) is 9.59 Å². The molecule has 2 amide bonds. The lowest BCUT2D eigenvalue weighted by molar-refractivity contribution is -0.126. The summed E-state index contributed by atoms with van der Waals surface area (Å²) in [6.07, 6.45) is 4.89. The van der Waals surface area contributed by atoms with Crippen LogP contribution in [0.2, 0.25) is 0 Å². The summed E-state index contributed by atoms with van der Waals surface area (Å²) in [5.74, 6) is -0.645. The van der Waals surface area contributed by atoms with Gasteiger partial charge in [0.1, 0.15) is 5.57 Å². The molecule has 1 aliphatic heterocycles. The van der Waals surface area contributed by atoms with E-state index in [2.05, 4.69) is 10.6 Å². The molecule has 0 aromatic carbocycles. The third-order valence-corrected chi connectivity index (χ3v) is 1.44. The number of amides is 2. The molecule has 1 heterocycles. The Bertz CT molecular complexity index is 248. The van der Waals surface area contributed by atoms with Gasteiger partial charge in [0, 0.05) is 0 Å². The first-order valence-electron chi connectivity index (χ1n) is 3.65. The molecule has 0 spiro atoms. The van der Waals surface area contributed by atoms with Gasteiger partial charge in [-0.3, -0.25) is 9.59 Å². The van der Waals surface area contributed by atoms with E-state index in [1.807, 2.05) is 6.92 Å². The molecule has 12 heavy (non-hydrogen) atoms. The molecule has 1 saturated heterocycles. The van der Waals surface area contributed by atoms with E-state index in [0.717, 1.165) is 0 Å². The summed E-state index contributed by atoms with van der Waals surface area (Å²) >= 11 is 0. The van der Waals surface area contributed by atoms with E-state index < -0.39 is 0 Å². The molecule has 4 heteroatoms. The van der Waals surface area contributed by atoms with Crippen LogP contribution in [0, 0.1) is 0 Å². The van der Waals surface area contributed by atoms with Gasteiger partial charge in [0.15, 0.2) is 0 Å². The van der Waals surface area contributed by atoms with Gasteiger partial charge in [0.2, 0.25) is 0 Å². The van der Waals surface area contributed by atoms with Crippen molar-refractivity contribution in [2.24, 2.45) is 0 Å². The lowest BCUT2D eigenvalue weighted by Gasteiger charge is -2.14. The summed E-state index contributed by atoms with van der Waals surface area (Å²) in [6, 6.07) is 0. The zero-order valence-electron chi connectivity index (χ0n) is 6.76. The SMILES string of the molecule is C/C=C/C=C1C(=O)NCNC1=O. The minimum Gasteiger partial charge on any atom is -0.334 e. The highest BCUT2D eigenvalue weighted by atomic mass is 16.2. The maximum absolute atomic E-state index is 11.0. The van der Waals surface area contributed by atoms with Gasteiger partial charge in [0.05, 0.1) is 6.67 Å². The highest BCUT2D eigenvalue weighted by Gasteiger charge is 2.20. The first kappa shape index (κ1) is 8.52. The molecule has 0 aromatic heterocycles. The van der Waals surface area contributed by atoms with Gasteiger partial charge in [-0.15, -0.1) is 0 Å². The van der Waals surface area contributed by atoms with Crippen molar-refractivity contribution in [3.05, 3.63) is 23.8 Å². The lowest BCUT2D eigenvalue weighted by Crippen LogP contribution is -2.47. The van der Waals surface area contributed by atoms with Crippen molar-refractivity contribution in [3.8, 4) is 0 Å². The van der Waals surface area contributed by atoms with Crippen molar-refractivity contribution in [1.29, 1.82) is 0 Å². The Kier molecular flexibility index (Phi) is 2.63. The number of carbonyl (C=O) groups is 2. The number of allylic oxidation sites excluding steroid dienone is 3. The Balaban J connectivity index is 2.83. The second kappa shape index (κ2) is 3.71. The van der Waals surface area contributed by atoms with Crippen molar-refractivity contribution in [3.63, 3.8) is 0 Å². The zero-order chi connectivity index (χ0) is 8.97. The Morgan fingerprint density at radius 3 is 2.33 bits per heavy atom. The summed E-state index contributed by atoms with van der Waals surface area (Å²) in [5.41, 5.74) is 0.152. The van der Waals surface area contributed by atoms with E-state index >= 15 is 0 Å². The molecule has 0 unspecified atom stereocenters. The Labute approximate surface area is 70.3 Å². The Hall–Kier alpha value is -1.58. The number of rotatable bonds is 1. The fourth-order valence-corrected chi connectivity index (χ4v) is 0.842. The summed E-state index contributed by atoms with van der Waals surface area (Å²) in [6.45, 7) is 2.03. The molecule has 0 radical (unpaired) electrons. The maximum atomic E-state index is 11.0. The van der Waals surface area contributed by atoms with Crippen molar-refractivity contribution in [1.82, 2.24) is 10.6 Å². The molecule has 0 aliphatic carbocycles. The van der Waals surface area contributed by atoms with E-state index in [0.29, 0.717) is 0 Å². The van der Waals surface area contributed by atoms with Crippen LogP contribution in [0.3, 0.4) is 0 Å². The molecule has 64 valence electrons. The monoisotopic (exact) mass is 166 g/mol. The van der Waals surface area contributed by atoms with Crippen LogP contribution in [-0.4, -0.2) is 18.5 Å². The zero-order valence-corrected chi connectivity index (χ0v) is 6.76. The summed E-state index contributed by atoms with van der Waals surface area (Å²) < 4.78 is 0. The second-order valence-corrected chi connectivity index (χ2v) is 2.29. The van der Waals surface area contributed by atoms with Crippen LogP contribution in [0.5, 0.6) is 0 Å². The fraction of sp³-hybridized carbons (Fsp3) is 0.250. The van der Waals surface area contributed by atoms with Gasteiger partial charge >= 0.3 is 0 Å². The largest absolute Gasteiger partial charge is 0.334 e. The maximum Gasteiger partial charge on any atom is 0.258 e. The Morgan fingerprint density at radius 2 is 1.83 bits per heavy atom. The lowest BCUT2D eigenvalue weighted by atomic mass is 10.2. The standard InChI is InChI=1S/C8H10N2O2/c1-2-3-4-6-7(11)9-5-10-8(6)12/h2-4H,5H2,1H3,(H,9,11)(H,10,12)/b3-2+. The summed E-state index contributed by atoms with van der Waals surface area (Å²) in [5, 5.41) is 5.00. The number of nitrogens with one attached hydrogen (secondary N) is 2. The van der Waals surface area contributed by atoms with Crippen LogP contribution >= 0.6 is 0 Å². The van der Waals surface area contributed by atoms with Crippen molar-refractivity contribution >= 4 is 11.8 Å². The van der Waals surface area contributed by atoms with Gasteiger partial charge in [-0.2, -0.15) is 0 Å². The predicted octanol–water partition coefficient (Wildman–Crippen LogP) is -0.308. The van der Waals surface area contributed by atoms with E-state index in [4.69, 9.17) is 0 Å². The van der Waals surface area contributed by atoms with Crippen LogP contribution < -0.4 is 10.6 Å². The smallest absolute Gasteiger partial charge is 0.258 e. The molecule has 2 N–H and O–H groups in total. The van der Waals surface area contributed by atoms with Crippen LogP contribution in [0.4, 0.5) is 0 Å².